The average molecular weight is 357 g/mol. The Morgan fingerprint density at radius 3 is 2.77 bits per heavy atom. The van der Waals surface area contributed by atoms with Gasteiger partial charge in [-0.1, -0.05) is 24.3 Å². The van der Waals surface area contributed by atoms with Gasteiger partial charge in [0.15, 0.2) is 11.5 Å². The molecular weight excluding hydrogens is 342 g/mol. The Labute approximate surface area is 154 Å². The molecule has 4 heterocycles. The summed E-state index contributed by atoms with van der Waals surface area (Å²) in [6, 6.07) is 20.3. The van der Waals surface area contributed by atoms with Crippen LogP contribution in [0.15, 0.2) is 66.9 Å². The quantitative estimate of drug-likeness (QED) is 0.490. The van der Waals surface area contributed by atoms with Crippen LogP contribution in [0.1, 0.15) is 5.69 Å². The molecule has 0 bridgehead atoms. The summed E-state index contributed by atoms with van der Waals surface area (Å²) >= 11 is 1.75. The van der Waals surface area contributed by atoms with Crippen molar-refractivity contribution in [3.63, 3.8) is 0 Å². The lowest BCUT2D eigenvalue weighted by Gasteiger charge is -2.06. The number of nitrogens with zero attached hydrogens (tertiary/aromatic N) is 4. The predicted octanol–water partition coefficient (Wildman–Crippen LogP) is 5.06. The van der Waals surface area contributed by atoms with Gasteiger partial charge in [0.1, 0.15) is 11.5 Å². The summed E-state index contributed by atoms with van der Waals surface area (Å²) in [6.45, 7) is 1.97. The number of rotatable bonds is 3. The van der Waals surface area contributed by atoms with Gasteiger partial charge in [-0.25, -0.2) is 14.5 Å². The molecule has 1 N–H and O–H groups in total. The van der Waals surface area contributed by atoms with Crippen LogP contribution in [0.4, 0.5) is 11.6 Å². The first-order valence-corrected chi connectivity index (χ1v) is 9.12. The van der Waals surface area contributed by atoms with Crippen molar-refractivity contribution in [3.05, 3.63) is 72.6 Å². The van der Waals surface area contributed by atoms with E-state index >= 15 is 0 Å². The van der Waals surface area contributed by atoms with Crippen molar-refractivity contribution >= 4 is 38.7 Å². The molecule has 0 atom stereocenters. The molecule has 1 aromatic carbocycles. The zero-order valence-electron chi connectivity index (χ0n) is 14.0. The number of anilines is 2. The second-order valence-corrected chi connectivity index (χ2v) is 7.15. The van der Waals surface area contributed by atoms with E-state index in [1.807, 2.05) is 48.0 Å². The van der Waals surface area contributed by atoms with Gasteiger partial charge >= 0.3 is 0 Å². The average Bonchev–Trinajstić information content (AvgIpc) is 3.25. The molecule has 26 heavy (non-hydrogen) atoms. The first kappa shape index (κ1) is 15.0. The fraction of sp³-hybridized carbons (Fsp3) is 0.0500. The third-order valence-electron chi connectivity index (χ3n) is 4.18. The van der Waals surface area contributed by atoms with Crippen molar-refractivity contribution in [1.82, 2.24) is 19.6 Å². The van der Waals surface area contributed by atoms with Gasteiger partial charge in [-0.15, -0.1) is 16.4 Å². The largest absolute Gasteiger partial charge is 0.323 e. The summed E-state index contributed by atoms with van der Waals surface area (Å²) in [7, 11) is 0. The molecule has 0 unspecified atom stereocenters. The van der Waals surface area contributed by atoms with Crippen LogP contribution in [0.5, 0.6) is 0 Å². The highest BCUT2D eigenvalue weighted by Gasteiger charge is 2.11. The topological polar surface area (TPSA) is 55.1 Å². The van der Waals surface area contributed by atoms with Crippen LogP contribution in [-0.4, -0.2) is 19.6 Å². The van der Waals surface area contributed by atoms with E-state index in [1.165, 1.54) is 10.1 Å². The summed E-state index contributed by atoms with van der Waals surface area (Å²) < 4.78 is 3.14. The molecule has 5 aromatic rings. The van der Waals surface area contributed by atoms with E-state index in [2.05, 4.69) is 45.6 Å². The normalized spacial score (nSPS) is 11.3. The standard InChI is InChI=1S/C20H15N5S/c1-13-5-4-8-18(22-13)23-19-9-10-20-21-12-15(25(20)24-19)17-11-14-6-2-3-7-16(14)26-17/h2-12H,1H3,(H,22,23,24). The van der Waals surface area contributed by atoms with E-state index in [1.54, 1.807) is 11.3 Å². The fourth-order valence-corrected chi connectivity index (χ4v) is 4.02. The molecule has 0 saturated heterocycles. The number of thiophene rings is 1. The van der Waals surface area contributed by atoms with Gasteiger partial charge in [-0.3, -0.25) is 0 Å². The molecule has 0 aliphatic rings. The molecule has 5 rings (SSSR count). The fourth-order valence-electron chi connectivity index (χ4n) is 2.96. The number of pyridine rings is 1. The van der Waals surface area contributed by atoms with Gasteiger partial charge in [-0.05, 0) is 48.7 Å². The highest BCUT2D eigenvalue weighted by molar-refractivity contribution is 7.22. The maximum Gasteiger partial charge on any atom is 0.154 e. The first-order valence-electron chi connectivity index (χ1n) is 8.31. The minimum Gasteiger partial charge on any atom is -0.323 e. The smallest absolute Gasteiger partial charge is 0.154 e. The molecule has 0 amide bonds. The summed E-state index contributed by atoms with van der Waals surface area (Å²) in [5, 5.41) is 9.22. The van der Waals surface area contributed by atoms with Gasteiger partial charge in [0, 0.05) is 10.4 Å². The third kappa shape index (κ3) is 2.60. The van der Waals surface area contributed by atoms with Crippen molar-refractivity contribution < 1.29 is 0 Å². The van der Waals surface area contributed by atoms with E-state index in [9.17, 15) is 0 Å². The Morgan fingerprint density at radius 2 is 1.88 bits per heavy atom. The number of hydrogen-bond acceptors (Lipinski definition) is 5. The lowest BCUT2D eigenvalue weighted by atomic mass is 10.2. The van der Waals surface area contributed by atoms with Gasteiger partial charge in [0.2, 0.25) is 0 Å². The van der Waals surface area contributed by atoms with E-state index in [0.29, 0.717) is 0 Å². The van der Waals surface area contributed by atoms with E-state index in [-0.39, 0.29) is 0 Å². The Balaban J connectivity index is 1.58. The number of benzene rings is 1. The second-order valence-electron chi connectivity index (χ2n) is 6.07. The van der Waals surface area contributed by atoms with Crippen LogP contribution in [0.2, 0.25) is 0 Å². The Morgan fingerprint density at radius 1 is 0.962 bits per heavy atom. The molecule has 0 aliphatic heterocycles. The van der Waals surface area contributed by atoms with Gasteiger partial charge in [0.25, 0.3) is 0 Å². The molecule has 5 nitrogen and oxygen atoms in total. The van der Waals surface area contributed by atoms with Gasteiger partial charge < -0.3 is 5.32 Å². The molecule has 6 heteroatoms. The Kier molecular flexibility index (Phi) is 3.43. The van der Waals surface area contributed by atoms with Crippen molar-refractivity contribution in [2.75, 3.05) is 5.32 Å². The van der Waals surface area contributed by atoms with Crippen LogP contribution in [0.3, 0.4) is 0 Å². The molecule has 0 radical (unpaired) electrons. The number of hydrogen-bond donors (Lipinski definition) is 1. The Bertz CT molecular complexity index is 1200. The molecule has 4 aromatic heterocycles. The maximum absolute atomic E-state index is 4.72. The summed E-state index contributed by atoms with van der Waals surface area (Å²) in [5.74, 6) is 1.51. The summed E-state index contributed by atoms with van der Waals surface area (Å²) in [6.07, 6.45) is 1.88. The number of fused-ring (bicyclic) bond motifs is 2. The van der Waals surface area contributed by atoms with Crippen molar-refractivity contribution in [2.24, 2.45) is 0 Å². The van der Waals surface area contributed by atoms with Crippen LogP contribution in [0, 0.1) is 6.92 Å². The van der Waals surface area contributed by atoms with Crippen LogP contribution < -0.4 is 5.32 Å². The highest BCUT2D eigenvalue weighted by atomic mass is 32.1. The molecule has 0 aliphatic carbocycles. The zero-order valence-corrected chi connectivity index (χ0v) is 14.9. The van der Waals surface area contributed by atoms with Gasteiger partial charge in [-0.2, -0.15) is 0 Å². The number of aryl methyl sites for hydroxylation is 1. The van der Waals surface area contributed by atoms with Crippen LogP contribution in [-0.2, 0) is 0 Å². The zero-order chi connectivity index (χ0) is 17.5. The van der Waals surface area contributed by atoms with E-state index in [0.717, 1.165) is 33.5 Å². The predicted molar refractivity (Wildman–Crippen MR) is 106 cm³/mol. The Hall–Kier alpha value is -3.25. The molecule has 0 saturated carbocycles. The lowest BCUT2D eigenvalue weighted by Crippen LogP contribution is -2.01. The minimum atomic E-state index is 0.732. The monoisotopic (exact) mass is 357 g/mol. The minimum absolute atomic E-state index is 0.732. The van der Waals surface area contributed by atoms with Crippen molar-refractivity contribution in [1.29, 1.82) is 0 Å². The SMILES string of the molecule is Cc1cccc(Nc2ccc3ncc(-c4cc5ccccc5s4)n3n2)n1. The second kappa shape index (κ2) is 5.93. The van der Waals surface area contributed by atoms with Crippen LogP contribution in [0.25, 0.3) is 26.3 Å². The summed E-state index contributed by atoms with van der Waals surface area (Å²) in [4.78, 5) is 10.1. The molecular formula is C20H15N5S. The third-order valence-corrected chi connectivity index (χ3v) is 5.32. The van der Waals surface area contributed by atoms with E-state index in [4.69, 9.17) is 5.10 Å². The van der Waals surface area contributed by atoms with Crippen molar-refractivity contribution in [2.45, 2.75) is 6.92 Å². The maximum atomic E-state index is 4.72. The summed E-state index contributed by atoms with van der Waals surface area (Å²) in [5.41, 5.74) is 2.77. The van der Waals surface area contributed by atoms with Gasteiger partial charge in [0.05, 0.1) is 11.1 Å². The number of nitrogens with one attached hydrogen (secondary N) is 1. The van der Waals surface area contributed by atoms with E-state index < -0.39 is 0 Å². The van der Waals surface area contributed by atoms with Crippen LogP contribution >= 0.6 is 11.3 Å². The molecule has 0 fully saturated rings. The lowest BCUT2D eigenvalue weighted by molar-refractivity contribution is 0.948. The molecule has 0 spiro atoms. The van der Waals surface area contributed by atoms with Crippen molar-refractivity contribution in [3.8, 4) is 10.6 Å². The first-order chi connectivity index (χ1) is 12.8. The molecule has 126 valence electrons. The highest BCUT2D eigenvalue weighted by Crippen LogP contribution is 2.33. The number of imidazole rings is 1. The number of aromatic nitrogens is 4.